The lowest BCUT2D eigenvalue weighted by Crippen LogP contribution is -2.32. The van der Waals surface area contributed by atoms with Crippen molar-refractivity contribution >= 4 is 11.6 Å². The molecule has 2 aliphatic heterocycles. The average molecular weight is 429 g/mol. The Hall–Kier alpha value is -3.31. The fraction of sp³-hybridized carbons (Fsp3) is 0.296. The van der Waals surface area contributed by atoms with Crippen LogP contribution in [0, 0.1) is 0 Å². The lowest BCUT2D eigenvalue weighted by Gasteiger charge is -2.20. The van der Waals surface area contributed by atoms with E-state index in [0.29, 0.717) is 31.1 Å². The zero-order valence-electron chi connectivity index (χ0n) is 18.2. The summed E-state index contributed by atoms with van der Waals surface area (Å²) in [7, 11) is 0. The van der Waals surface area contributed by atoms with E-state index in [4.69, 9.17) is 9.47 Å². The van der Waals surface area contributed by atoms with Crippen LogP contribution in [0.4, 0.5) is 5.69 Å². The van der Waals surface area contributed by atoms with E-state index in [1.165, 1.54) is 25.9 Å². The summed E-state index contributed by atoms with van der Waals surface area (Å²) in [5, 5.41) is 0. The van der Waals surface area contributed by atoms with Crippen LogP contribution in [0.3, 0.4) is 0 Å². The van der Waals surface area contributed by atoms with Crippen LogP contribution in [0.25, 0.3) is 11.1 Å². The fourth-order valence-electron chi connectivity index (χ4n) is 4.39. The number of anilines is 1. The van der Waals surface area contributed by atoms with Crippen LogP contribution in [0.1, 0.15) is 23.2 Å². The zero-order valence-corrected chi connectivity index (χ0v) is 18.2. The molecular weight excluding hydrogens is 400 g/mol. The van der Waals surface area contributed by atoms with Gasteiger partial charge in [0.05, 0.1) is 12.1 Å². The summed E-state index contributed by atoms with van der Waals surface area (Å²) in [5.41, 5.74) is 3.59. The Labute approximate surface area is 189 Å². The SMILES string of the molecule is O=C1c2ccc(-c3ccccc3)cc2OCCN1c1ccc(OCCN2CCCC2)cc1. The van der Waals surface area contributed by atoms with Crippen molar-refractivity contribution in [1.29, 1.82) is 0 Å². The van der Waals surface area contributed by atoms with Crippen LogP contribution in [-0.4, -0.2) is 50.2 Å². The van der Waals surface area contributed by atoms with Gasteiger partial charge in [0.25, 0.3) is 5.91 Å². The smallest absolute Gasteiger partial charge is 0.262 e. The van der Waals surface area contributed by atoms with Crippen LogP contribution >= 0.6 is 0 Å². The van der Waals surface area contributed by atoms with Gasteiger partial charge in [0.15, 0.2) is 0 Å². The molecule has 5 rings (SSSR count). The molecule has 5 heteroatoms. The number of likely N-dealkylation sites (tertiary alicyclic amines) is 1. The molecule has 3 aromatic rings. The van der Waals surface area contributed by atoms with Crippen molar-refractivity contribution in [3.05, 3.63) is 78.4 Å². The summed E-state index contributed by atoms with van der Waals surface area (Å²) in [4.78, 5) is 17.5. The van der Waals surface area contributed by atoms with Gasteiger partial charge in [0, 0.05) is 12.2 Å². The number of hydrogen-bond acceptors (Lipinski definition) is 4. The Morgan fingerprint density at radius 2 is 1.62 bits per heavy atom. The van der Waals surface area contributed by atoms with E-state index >= 15 is 0 Å². The molecular formula is C27H28N2O3. The number of fused-ring (bicyclic) bond motifs is 1. The Balaban J connectivity index is 1.28. The lowest BCUT2D eigenvalue weighted by molar-refractivity contribution is 0.0990. The predicted molar refractivity (Wildman–Crippen MR) is 127 cm³/mol. The number of benzene rings is 3. The standard InChI is InChI=1S/C27H28N2O3/c30-27-25-13-8-22(21-6-2-1-3-7-21)20-26(25)32-19-17-29(27)23-9-11-24(12-10-23)31-18-16-28-14-4-5-15-28/h1-3,6-13,20H,4-5,14-19H2. The second-order valence-electron chi connectivity index (χ2n) is 8.27. The van der Waals surface area contributed by atoms with Crippen molar-refractivity contribution in [2.75, 3.05) is 44.3 Å². The molecule has 5 nitrogen and oxygen atoms in total. The molecule has 2 heterocycles. The van der Waals surface area contributed by atoms with Gasteiger partial charge < -0.3 is 14.4 Å². The normalized spacial score (nSPS) is 16.4. The molecule has 0 spiro atoms. The molecule has 32 heavy (non-hydrogen) atoms. The third-order valence-corrected chi connectivity index (χ3v) is 6.16. The number of nitrogens with zero attached hydrogens (tertiary/aromatic N) is 2. The molecule has 1 saturated heterocycles. The van der Waals surface area contributed by atoms with Gasteiger partial charge in [-0.1, -0.05) is 36.4 Å². The highest BCUT2D eigenvalue weighted by Gasteiger charge is 2.25. The van der Waals surface area contributed by atoms with E-state index in [9.17, 15) is 4.79 Å². The number of amides is 1. The number of carbonyl (C=O) groups is 1. The van der Waals surface area contributed by atoms with E-state index in [-0.39, 0.29) is 5.91 Å². The molecule has 0 N–H and O–H groups in total. The topological polar surface area (TPSA) is 42.0 Å². The molecule has 3 aromatic carbocycles. The lowest BCUT2D eigenvalue weighted by atomic mass is 10.0. The predicted octanol–water partition coefficient (Wildman–Crippen LogP) is 4.87. The summed E-state index contributed by atoms with van der Waals surface area (Å²) >= 11 is 0. The van der Waals surface area contributed by atoms with E-state index in [1.807, 2.05) is 60.7 Å². The first-order valence-corrected chi connectivity index (χ1v) is 11.4. The minimum Gasteiger partial charge on any atom is -0.492 e. The van der Waals surface area contributed by atoms with Gasteiger partial charge in [0.2, 0.25) is 0 Å². The minimum atomic E-state index is -0.0418. The summed E-state index contributed by atoms with van der Waals surface area (Å²) < 4.78 is 11.9. The highest BCUT2D eigenvalue weighted by molar-refractivity contribution is 6.08. The minimum absolute atomic E-state index is 0.0418. The molecule has 1 amide bonds. The third kappa shape index (κ3) is 4.48. The van der Waals surface area contributed by atoms with E-state index < -0.39 is 0 Å². The number of rotatable bonds is 6. The quantitative estimate of drug-likeness (QED) is 0.562. The maximum atomic E-state index is 13.3. The Morgan fingerprint density at radius 3 is 2.41 bits per heavy atom. The molecule has 1 fully saturated rings. The van der Waals surface area contributed by atoms with Crippen molar-refractivity contribution in [2.24, 2.45) is 0 Å². The van der Waals surface area contributed by atoms with Gasteiger partial charge in [-0.2, -0.15) is 0 Å². The largest absolute Gasteiger partial charge is 0.492 e. The molecule has 164 valence electrons. The summed E-state index contributed by atoms with van der Waals surface area (Å²) in [6.07, 6.45) is 2.58. The van der Waals surface area contributed by atoms with Gasteiger partial charge >= 0.3 is 0 Å². The van der Waals surface area contributed by atoms with Gasteiger partial charge in [-0.05, 0) is 73.5 Å². The first-order chi connectivity index (χ1) is 15.8. The van der Waals surface area contributed by atoms with Crippen LogP contribution < -0.4 is 14.4 Å². The first kappa shape index (κ1) is 20.6. The molecule has 0 saturated carbocycles. The second-order valence-corrected chi connectivity index (χ2v) is 8.27. The molecule has 0 aromatic heterocycles. The van der Waals surface area contributed by atoms with Gasteiger partial charge in [-0.15, -0.1) is 0 Å². The van der Waals surface area contributed by atoms with E-state index in [1.54, 1.807) is 4.90 Å². The van der Waals surface area contributed by atoms with E-state index in [0.717, 1.165) is 29.1 Å². The molecule has 0 unspecified atom stereocenters. The molecule has 0 bridgehead atoms. The summed E-state index contributed by atoms with van der Waals surface area (Å²) in [6.45, 7) is 4.96. The zero-order chi connectivity index (χ0) is 21.8. The molecule has 0 aliphatic carbocycles. The van der Waals surface area contributed by atoms with Crippen LogP contribution in [0.15, 0.2) is 72.8 Å². The monoisotopic (exact) mass is 428 g/mol. The van der Waals surface area contributed by atoms with Crippen molar-refractivity contribution in [3.63, 3.8) is 0 Å². The first-order valence-electron chi connectivity index (χ1n) is 11.4. The molecule has 2 aliphatic rings. The third-order valence-electron chi connectivity index (χ3n) is 6.16. The Morgan fingerprint density at radius 1 is 0.844 bits per heavy atom. The van der Waals surface area contributed by atoms with E-state index in [2.05, 4.69) is 17.0 Å². The Bertz CT molecular complexity index is 1060. The van der Waals surface area contributed by atoms with Crippen LogP contribution in [0.5, 0.6) is 11.5 Å². The highest BCUT2D eigenvalue weighted by atomic mass is 16.5. The van der Waals surface area contributed by atoms with Gasteiger partial charge in [0.1, 0.15) is 24.7 Å². The van der Waals surface area contributed by atoms with Crippen molar-refractivity contribution in [3.8, 4) is 22.6 Å². The average Bonchev–Trinajstić information content (AvgIpc) is 3.30. The van der Waals surface area contributed by atoms with Crippen molar-refractivity contribution in [1.82, 2.24) is 4.90 Å². The highest BCUT2D eigenvalue weighted by Crippen LogP contribution is 2.31. The van der Waals surface area contributed by atoms with Crippen molar-refractivity contribution < 1.29 is 14.3 Å². The van der Waals surface area contributed by atoms with Gasteiger partial charge in [-0.25, -0.2) is 0 Å². The summed E-state index contributed by atoms with van der Waals surface area (Å²) in [5.74, 6) is 1.43. The van der Waals surface area contributed by atoms with Crippen LogP contribution in [0.2, 0.25) is 0 Å². The number of ether oxygens (including phenoxy) is 2. The molecule has 0 radical (unpaired) electrons. The maximum Gasteiger partial charge on any atom is 0.262 e. The number of hydrogen-bond donors (Lipinski definition) is 0. The molecule has 0 atom stereocenters. The fourth-order valence-corrected chi connectivity index (χ4v) is 4.39. The number of carbonyl (C=O) groups excluding carboxylic acids is 1. The Kier molecular flexibility index (Phi) is 6.08. The van der Waals surface area contributed by atoms with Crippen molar-refractivity contribution in [2.45, 2.75) is 12.8 Å². The second kappa shape index (κ2) is 9.45. The van der Waals surface area contributed by atoms with Gasteiger partial charge in [-0.3, -0.25) is 9.69 Å². The maximum absolute atomic E-state index is 13.3. The van der Waals surface area contributed by atoms with Crippen LogP contribution in [-0.2, 0) is 0 Å². The summed E-state index contributed by atoms with van der Waals surface area (Å²) in [6, 6.07) is 23.7.